The van der Waals surface area contributed by atoms with Crippen LogP contribution in [0, 0.1) is 64.1 Å². The van der Waals surface area contributed by atoms with E-state index in [-0.39, 0.29) is 41.1 Å². The highest BCUT2D eigenvalue weighted by molar-refractivity contribution is 5.80. The van der Waals surface area contributed by atoms with E-state index in [1.54, 1.807) is 0 Å². The van der Waals surface area contributed by atoms with Crippen LogP contribution < -0.4 is 0 Å². The number of hydrogen-bond donors (Lipinski definition) is 0. The number of carbonyl (C=O) groups is 3. The summed E-state index contributed by atoms with van der Waals surface area (Å²) in [6, 6.07) is 0. The van der Waals surface area contributed by atoms with Gasteiger partial charge in [-0.15, -0.1) is 0 Å². The van der Waals surface area contributed by atoms with E-state index < -0.39 is 5.41 Å². The molecule has 6 heteroatoms. The standard InChI is InChI=1S/C19H30O4.C19H32O2/c1-5-18(2,3)17(21)22-11-16(20)23-19(4)14-7-12-6-13(9-14)10-15(19)8-12;1-6-18(4,5)17(20)21-19(12(2)3)15-8-13-7-14(10-15)11-16(19)9-13/h12-15H,5-11H2,1-4H3;12-16H,6-11H2,1-5H3. The minimum absolute atomic E-state index is 0.0335. The first kappa shape index (κ1) is 33.8. The second kappa shape index (κ2) is 12.2. The first-order valence-electron chi connectivity index (χ1n) is 18.2. The van der Waals surface area contributed by atoms with Crippen molar-refractivity contribution in [3.63, 3.8) is 0 Å². The summed E-state index contributed by atoms with van der Waals surface area (Å²) in [6.45, 7) is 18.1. The molecule has 8 aliphatic carbocycles. The molecule has 0 aromatic heterocycles. The lowest BCUT2D eigenvalue weighted by Crippen LogP contribution is -2.63. The average Bonchev–Trinajstić information content (AvgIpc) is 2.96. The van der Waals surface area contributed by atoms with Gasteiger partial charge in [0.15, 0.2) is 6.61 Å². The number of rotatable bonds is 9. The van der Waals surface area contributed by atoms with Gasteiger partial charge in [-0.25, -0.2) is 4.79 Å². The lowest BCUT2D eigenvalue weighted by atomic mass is 9.47. The van der Waals surface area contributed by atoms with Gasteiger partial charge in [-0.3, -0.25) is 9.59 Å². The summed E-state index contributed by atoms with van der Waals surface area (Å²) < 4.78 is 17.5. The van der Waals surface area contributed by atoms with Gasteiger partial charge in [-0.1, -0.05) is 27.7 Å². The Bertz CT molecular complexity index is 1030. The van der Waals surface area contributed by atoms with Gasteiger partial charge in [0.1, 0.15) is 11.2 Å². The quantitative estimate of drug-likeness (QED) is 0.191. The van der Waals surface area contributed by atoms with Crippen LogP contribution in [0.15, 0.2) is 0 Å². The SMILES string of the molecule is CCC(C)(C)C(=O)OC1(C(C)C)C2CC3CC(C2)CC1C3.CCC(C)(C)C(=O)OCC(=O)OC1(C)C2CC3CC(C2)CC1C3. The minimum atomic E-state index is -0.549. The maximum Gasteiger partial charge on any atom is 0.344 e. The second-order valence-electron chi connectivity index (χ2n) is 17.7. The van der Waals surface area contributed by atoms with Crippen molar-refractivity contribution < 1.29 is 28.6 Å². The Kier molecular flexibility index (Phi) is 9.37. The molecule has 250 valence electrons. The lowest BCUT2D eigenvalue weighted by molar-refractivity contribution is -0.231. The summed E-state index contributed by atoms with van der Waals surface area (Å²) in [5.74, 6) is 5.48. The van der Waals surface area contributed by atoms with Gasteiger partial charge >= 0.3 is 17.9 Å². The van der Waals surface area contributed by atoms with E-state index in [1.807, 2.05) is 34.6 Å². The molecule has 6 nitrogen and oxygen atoms in total. The smallest absolute Gasteiger partial charge is 0.344 e. The van der Waals surface area contributed by atoms with Crippen LogP contribution >= 0.6 is 0 Å². The van der Waals surface area contributed by atoms with E-state index in [2.05, 4.69) is 27.7 Å². The molecule has 0 amide bonds. The average molecular weight is 615 g/mol. The molecule has 0 aromatic rings. The van der Waals surface area contributed by atoms with Gasteiger partial charge in [0, 0.05) is 0 Å². The largest absolute Gasteiger partial charge is 0.458 e. The van der Waals surface area contributed by atoms with E-state index in [9.17, 15) is 14.4 Å². The first-order chi connectivity index (χ1) is 20.5. The molecule has 0 atom stereocenters. The molecule has 0 spiro atoms. The van der Waals surface area contributed by atoms with E-state index in [4.69, 9.17) is 14.2 Å². The van der Waals surface area contributed by atoms with Crippen LogP contribution in [0.5, 0.6) is 0 Å². The van der Waals surface area contributed by atoms with Gasteiger partial charge in [0.05, 0.1) is 10.8 Å². The molecular formula is C38H62O6. The zero-order chi connectivity index (χ0) is 32.2. The maximum absolute atomic E-state index is 12.8. The highest BCUT2D eigenvalue weighted by atomic mass is 16.6. The molecule has 8 saturated carbocycles. The van der Waals surface area contributed by atoms with Crippen LogP contribution in [0.1, 0.15) is 139 Å². The van der Waals surface area contributed by atoms with Crippen LogP contribution in [0.25, 0.3) is 0 Å². The van der Waals surface area contributed by atoms with Crippen LogP contribution in [0.4, 0.5) is 0 Å². The maximum atomic E-state index is 12.8. The van der Waals surface area contributed by atoms with Gasteiger partial charge in [0.2, 0.25) is 0 Å². The Labute approximate surface area is 267 Å². The Balaban J connectivity index is 0.000000175. The molecule has 8 bridgehead atoms. The fourth-order valence-electron chi connectivity index (χ4n) is 10.6. The summed E-state index contributed by atoms with van der Waals surface area (Å²) in [5, 5.41) is 0. The van der Waals surface area contributed by atoms with Crippen molar-refractivity contribution in [2.75, 3.05) is 6.61 Å². The summed E-state index contributed by atoms with van der Waals surface area (Å²) in [6.07, 6.45) is 14.3. The molecule has 0 heterocycles. The molecule has 8 rings (SSSR count). The highest BCUT2D eigenvalue weighted by Gasteiger charge is 2.61. The lowest BCUT2D eigenvalue weighted by Gasteiger charge is -2.62. The van der Waals surface area contributed by atoms with Crippen molar-refractivity contribution in [3.05, 3.63) is 0 Å². The highest BCUT2D eigenvalue weighted by Crippen LogP contribution is 2.62. The summed E-state index contributed by atoms with van der Waals surface area (Å²) >= 11 is 0. The minimum Gasteiger partial charge on any atom is -0.458 e. The fourth-order valence-corrected chi connectivity index (χ4v) is 10.6. The van der Waals surface area contributed by atoms with Gasteiger partial charge in [-0.05, 0) is 165 Å². The summed E-state index contributed by atoms with van der Waals surface area (Å²) in [7, 11) is 0. The third-order valence-corrected chi connectivity index (χ3v) is 13.9. The van der Waals surface area contributed by atoms with E-state index in [0.717, 1.165) is 30.1 Å². The Morgan fingerprint density at radius 2 is 1.02 bits per heavy atom. The molecule has 0 unspecified atom stereocenters. The van der Waals surface area contributed by atoms with Crippen LogP contribution in [-0.4, -0.2) is 35.7 Å². The van der Waals surface area contributed by atoms with Crippen LogP contribution in [0.2, 0.25) is 0 Å². The number of carbonyl (C=O) groups excluding carboxylic acids is 3. The number of hydrogen-bond acceptors (Lipinski definition) is 6. The second-order valence-corrected chi connectivity index (χ2v) is 17.7. The number of ether oxygens (including phenoxy) is 3. The molecule has 0 aromatic carbocycles. The van der Waals surface area contributed by atoms with E-state index in [0.29, 0.717) is 36.0 Å². The van der Waals surface area contributed by atoms with Gasteiger partial charge in [-0.2, -0.15) is 0 Å². The number of esters is 3. The molecule has 0 saturated heterocycles. The Morgan fingerprint density at radius 1 is 0.636 bits per heavy atom. The summed E-state index contributed by atoms with van der Waals surface area (Å²) in [5.41, 5.74) is -1.42. The molecule has 8 fully saturated rings. The predicted octanol–water partition coefficient (Wildman–Crippen LogP) is 8.54. The van der Waals surface area contributed by atoms with Gasteiger partial charge in [0.25, 0.3) is 0 Å². The van der Waals surface area contributed by atoms with Crippen molar-refractivity contribution in [2.24, 2.45) is 64.1 Å². The normalized spacial score (nSPS) is 40.0. The van der Waals surface area contributed by atoms with Gasteiger partial charge < -0.3 is 14.2 Å². The van der Waals surface area contributed by atoms with Crippen molar-refractivity contribution >= 4 is 17.9 Å². The fraction of sp³-hybridized carbons (Fsp3) is 0.921. The van der Waals surface area contributed by atoms with Crippen molar-refractivity contribution in [2.45, 2.75) is 151 Å². The molecule has 0 aliphatic heterocycles. The monoisotopic (exact) mass is 614 g/mol. The summed E-state index contributed by atoms with van der Waals surface area (Å²) in [4.78, 5) is 37.0. The van der Waals surface area contributed by atoms with Crippen molar-refractivity contribution in [1.82, 2.24) is 0 Å². The third-order valence-electron chi connectivity index (χ3n) is 13.9. The predicted molar refractivity (Wildman–Crippen MR) is 171 cm³/mol. The molecular weight excluding hydrogens is 552 g/mol. The Morgan fingerprint density at radius 3 is 1.41 bits per heavy atom. The van der Waals surface area contributed by atoms with Crippen molar-refractivity contribution in [1.29, 1.82) is 0 Å². The molecule has 0 radical (unpaired) electrons. The molecule has 8 aliphatic rings. The van der Waals surface area contributed by atoms with Crippen LogP contribution in [0.3, 0.4) is 0 Å². The van der Waals surface area contributed by atoms with E-state index in [1.165, 1.54) is 64.2 Å². The topological polar surface area (TPSA) is 78.9 Å². The van der Waals surface area contributed by atoms with E-state index >= 15 is 0 Å². The molecule has 0 N–H and O–H groups in total. The van der Waals surface area contributed by atoms with Crippen molar-refractivity contribution in [3.8, 4) is 0 Å². The molecule has 44 heavy (non-hydrogen) atoms. The van der Waals surface area contributed by atoms with Crippen LogP contribution in [-0.2, 0) is 28.6 Å². The first-order valence-corrected chi connectivity index (χ1v) is 18.2. The Hall–Kier alpha value is -1.59. The zero-order valence-electron chi connectivity index (χ0n) is 29.3. The zero-order valence-corrected chi connectivity index (χ0v) is 29.3. The third kappa shape index (κ3) is 6.10.